The summed E-state index contributed by atoms with van der Waals surface area (Å²) < 4.78 is 14.8. The molecule has 0 aliphatic rings. The number of nitrogens with one attached hydrogen (secondary N) is 1. The van der Waals surface area contributed by atoms with E-state index in [0.717, 1.165) is 24.5 Å². The van der Waals surface area contributed by atoms with E-state index in [-0.39, 0.29) is 11.9 Å². The molecule has 1 atom stereocenters. The molecule has 0 aliphatic heterocycles. The molecule has 4 heteroatoms. The molecule has 3 nitrogen and oxygen atoms in total. The van der Waals surface area contributed by atoms with E-state index in [1.807, 2.05) is 29.0 Å². The molecule has 0 amide bonds. The average Bonchev–Trinajstić information content (AvgIpc) is 2.80. The lowest BCUT2D eigenvalue weighted by atomic mass is 10.1. The highest BCUT2D eigenvalue weighted by atomic mass is 19.1. The highest BCUT2D eigenvalue weighted by Gasteiger charge is 2.07. The van der Waals surface area contributed by atoms with E-state index in [1.54, 1.807) is 6.20 Å². The quantitative estimate of drug-likeness (QED) is 0.807. The minimum absolute atomic E-state index is 0.203. The van der Waals surface area contributed by atoms with E-state index >= 15 is 0 Å². The van der Waals surface area contributed by atoms with Gasteiger partial charge in [0, 0.05) is 25.0 Å². The van der Waals surface area contributed by atoms with Crippen molar-refractivity contribution >= 4 is 5.95 Å². The maximum absolute atomic E-state index is 12.8. The Balaban J connectivity index is 1.96. The summed E-state index contributed by atoms with van der Waals surface area (Å²) >= 11 is 0. The number of halogens is 1. The monoisotopic (exact) mass is 259 g/mol. The Bertz CT molecular complexity index is 531. The van der Waals surface area contributed by atoms with E-state index < -0.39 is 0 Å². The van der Waals surface area contributed by atoms with Crippen molar-refractivity contribution in [3.8, 4) is 0 Å². The third-order valence-electron chi connectivity index (χ3n) is 2.87. The van der Waals surface area contributed by atoms with Gasteiger partial charge in [-0.25, -0.2) is 9.37 Å². The second-order valence-corrected chi connectivity index (χ2v) is 4.57. The molecule has 1 heterocycles. The molecule has 0 saturated carbocycles. The molecule has 0 fully saturated rings. The highest BCUT2D eigenvalue weighted by Crippen LogP contribution is 2.10. The normalized spacial score (nSPS) is 12.1. The summed E-state index contributed by atoms with van der Waals surface area (Å²) in [6, 6.07) is 6.81. The maximum Gasteiger partial charge on any atom is 0.203 e. The molecule has 1 N–H and O–H groups in total. The molecule has 0 spiro atoms. The summed E-state index contributed by atoms with van der Waals surface area (Å²) in [6.07, 6.45) is 6.32. The van der Waals surface area contributed by atoms with Gasteiger partial charge in [0.05, 0.1) is 0 Å². The van der Waals surface area contributed by atoms with Crippen LogP contribution in [0, 0.1) is 5.82 Å². The fourth-order valence-electron chi connectivity index (χ4n) is 1.98. The van der Waals surface area contributed by atoms with Crippen molar-refractivity contribution in [1.29, 1.82) is 0 Å². The van der Waals surface area contributed by atoms with Crippen LogP contribution in [0.25, 0.3) is 0 Å². The lowest BCUT2D eigenvalue weighted by Crippen LogP contribution is -2.20. The van der Waals surface area contributed by atoms with Gasteiger partial charge in [-0.1, -0.05) is 18.2 Å². The predicted octanol–water partition coefficient (Wildman–Crippen LogP) is 3.25. The number of allylic oxidation sites excluding steroid dienone is 1. The van der Waals surface area contributed by atoms with E-state index in [0.29, 0.717) is 0 Å². The van der Waals surface area contributed by atoms with Gasteiger partial charge in [0.25, 0.3) is 0 Å². The summed E-state index contributed by atoms with van der Waals surface area (Å²) in [7, 11) is 0. The van der Waals surface area contributed by atoms with Crippen LogP contribution in [0.5, 0.6) is 0 Å². The van der Waals surface area contributed by atoms with Crippen LogP contribution < -0.4 is 5.32 Å². The number of rotatable bonds is 6. The Morgan fingerprint density at radius 2 is 2.16 bits per heavy atom. The fraction of sp³-hybridized carbons (Fsp3) is 0.267. The molecule has 2 rings (SSSR count). The molecule has 0 aliphatic carbocycles. The van der Waals surface area contributed by atoms with Crippen molar-refractivity contribution in [2.45, 2.75) is 25.9 Å². The van der Waals surface area contributed by atoms with Gasteiger partial charge in [-0.05, 0) is 31.0 Å². The van der Waals surface area contributed by atoms with Crippen molar-refractivity contribution in [3.05, 3.63) is 60.7 Å². The van der Waals surface area contributed by atoms with Gasteiger partial charge in [-0.15, -0.1) is 6.58 Å². The summed E-state index contributed by atoms with van der Waals surface area (Å²) in [5.41, 5.74) is 1.10. The molecular weight excluding hydrogens is 241 g/mol. The zero-order chi connectivity index (χ0) is 13.7. The molecule has 1 aromatic heterocycles. The number of anilines is 1. The number of hydrogen-bond acceptors (Lipinski definition) is 2. The van der Waals surface area contributed by atoms with Crippen LogP contribution >= 0.6 is 0 Å². The van der Waals surface area contributed by atoms with Crippen LogP contribution in [0.4, 0.5) is 10.3 Å². The SMILES string of the molecule is C=CCn1ccnc1NC(C)Cc1ccc(F)cc1. The Hall–Kier alpha value is -2.10. The molecular formula is C15H18FN3. The molecule has 19 heavy (non-hydrogen) atoms. The van der Waals surface area contributed by atoms with Crippen LogP contribution in [0.2, 0.25) is 0 Å². The Morgan fingerprint density at radius 1 is 1.42 bits per heavy atom. The van der Waals surface area contributed by atoms with Crippen LogP contribution in [0.3, 0.4) is 0 Å². The van der Waals surface area contributed by atoms with Crippen LogP contribution in [0.15, 0.2) is 49.3 Å². The van der Waals surface area contributed by atoms with Gasteiger partial charge in [-0.3, -0.25) is 0 Å². The first-order chi connectivity index (χ1) is 9.19. The third kappa shape index (κ3) is 3.68. The number of imidazole rings is 1. The van der Waals surface area contributed by atoms with Crippen LogP contribution in [-0.2, 0) is 13.0 Å². The molecule has 2 aromatic rings. The summed E-state index contributed by atoms with van der Waals surface area (Å²) in [5, 5.41) is 3.35. The van der Waals surface area contributed by atoms with E-state index in [4.69, 9.17) is 0 Å². The van der Waals surface area contributed by atoms with Gasteiger partial charge in [0.1, 0.15) is 5.82 Å². The molecule has 1 unspecified atom stereocenters. The number of benzene rings is 1. The van der Waals surface area contributed by atoms with Crippen molar-refractivity contribution in [1.82, 2.24) is 9.55 Å². The summed E-state index contributed by atoms with van der Waals surface area (Å²) in [6.45, 7) is 6.53. The first-order valence-corrected chi connectivity index (χ1v) is 6.32. The zero-order valence-corrected chi connectivity index (χ0v) is 11.0. The molecule has 100 valence electrons. The zero-order valence-electron chi connectivity index (χ0n) is 11.0. The lowest BCUT2D eigenvalue weighted by Gasteiger charge is -2.15. The number of nitrogens with zero attached hydrogens (tertiary/aromatic N) is 2. The van der Waals surface area contributed by atoms with Crippen LogP contribution in [0.1, 0.15) is 12.5 Å². The van der Waals surface area contributed by atoms with Gasteiger partial charge in [0.15, 0.2) is 0 Å². The molecule has 0 bridgehead atoms. The van der Waals surface area contributed by atoms with Gasteiger partial charge in [-0.2, -0.15) is 0 Å². The summed E-state index contributed by atoms with van der Waals surface area (Å²) in [4.78, 5) is 4.27. The Morgan fingerprint density at radius 3 is 2.84 bits per heavy atom. The smallest absolute Gasteiger partial charge is 0.203 e. The van der Waals surface area contributed by atoms with E-state index in [2.05, 4.69) is 23.8 Å². The van der Waals surface area contributed by atoms with E-state index in [1.165, 1.54) is 12.1 Å². The van der Waals surface area contributed by atoms with Crippen molar-refractivity contribution in [2.75, 3.05) is 5.32 Å². The van der Waals surface area contributed by atoms with Crippen molar-refractivity contribution in [2.24, 2.45) is 0 Å². The second-order valence-electron chi connectivity index (χ2n) is 4.57. The first kappa shape index (κ1) is 13.3. The van der Waals surface area contributed by atoms with Gasteiger partial charge < -0.3 is 9.88 Å². The minimum Gasteiger partial charge on any atom is -0.353 e. The predicted molar refractivity (Wildman–Crippen MR) is 75.6 cm³/mol. The van der Waals surface area contributed by atoms with Gasteiger partial charge >= 0.3 is 0 Å². The van der Waals surface area contributed by atoms with Gasteiger partial charge in [0.2, 0.25) is 5.95 Å². The van der Waals surface area contributed by atoms with Crippen molar-refractivity contribution < 1.29 is 4.39 Å². The number of aromatic nitrogens is 2. The largest absolute Gasteiger partial charge is 0.353 e. The topological polar surface area (TPSA) is 29.9 Å². The second kappa shape index (κ2) is 6.18. The standard InChI is InChI=1S/C15H18FN3/c1-3-9-19-10-8-17-15(19)18-12(2)11-13-4-6-14(16)7-5-13/h3-8,10,12H,1,9,11H2,2H3,(H,17,18). The molecule has 1 aromatic carbocycles. The highest BCUT2D eigenvalue weighted by molar-refractivity contribution is 5.29. The summed E-state index contributed by atoms with van der Waals surface area (Å²) in [5.74, 6) is 0.625. The fourth-order valence-corrected chi connectivity index (χ4v) is 1.98. The minimum atomic E-state index is -0.203. The molecule has 0 saturated heterocycles. The Kier molecular flexibility index (Phi) is 4.34. The molecule has 0 radical (unpaired) electrons. The lowest BCUT2D eigenvalue weighted by molar-refractivity contribution is 0.626. The average molecular weight is 259 g/mol. The maximum atomic E-state index is 12.8. The van der Waals surface area contributed by atoms with E-state index in [9.17, 15) is 4.39 Å². The number of hydrogen-bond donors (Lipinski definition) is 1. The Labute approximate surface area is 112 Å². The van der Waals surface area contributed by atoms with Crippen LogP contribution in [-0.4, -0.2) is 15.6 Å². The first-order valence-electron chi connectivity index (χ1n) is 6.32. The van der Waals surface area contributed by atoms with Crippen molar-refractivity contribution in [3.63, 3.8) is 0 Å². The third-order valence-corrected chi connectivity index (χ3v) is 2.87.